The molecule has 3 rings (SSSR count). The minimum atomic E-state index is 0. The van der Waals surface area contributed by atoms with Gasteiger partial charge in [-0.25, -0.2) is 4.98 Å². The van der Waals surface area contributed by atoms with Crippen LogP contribution in [0.3, 0.4) is 0 Å². The molecular formula is C15H27Cl2N5OS. The van der Waals surface area contributed by atoms with E-state index in [1.54, 1.807) is 11.3 Å². The van der Waals surface area contributed by atoms with E-state index < -0.39 is 0 Å². The minimum Gasteiger partial charge on any atom is -0.346 e. The third kappa shape index (κ3) is 5.74. The number of amides is 1. The number of aryl methyl sites for hydroxylation is 1. The Bertz CT molecular complexity index is 502. The van der Waals surface area contributed by atoms with Crippen LogP contribution in [-0.4, -0.2) is 79.6 Å². The molecule has 2 fully saturated rings. The summed E-state index contributed by atoms with van der Waals surface area (Å²) in [5, 5.41) is 4.42. The summed E-state index contributed by atoms with van der Waals surface area (Å²) < 4.78 is 0. The highest BCUT2D eigenvalue weighted by atomic mass is 35.5. The van der Waals surface area contributed by atoms with E-state index in [2.05, 4.69) is 27.0 Å². The molecule has 0 atom stereocenters. The number of hydrogen-bond donors (Lipinski definition) is 1. The number of hydrogen-bond acceptors (Lipinski definition) is 6. The van der Waals surface area contributed by atoms with E-state index in [-0.39, 0.29) is 24.8 Å². The molecule has 0 saturated carbocycles. The van der Waals surface area contributed by atoms with Gasteiger partial charge in [-0.3, -0.25) is 9.69 Å². The normalized spacial score (nSPS) is 18.7. The Hall–Kier alpha value is -0.600. The van der Waals surface area contributed by atoms with Crippen molar-refractivity contribution in [2.75, 3.05) is 63.8 Å². The number of piperazine rings is 2. The van der Waals surface area contributed by atoms with Crippen LogP contribution in [0.2, 0.25) is 0 Å². The molecule has 24 heavy (non-hydrogen) atoms. The molecule has 0 bridgehead atoms. The zero-order chi connectivity index (χ0) is 15.4. The molecule has 1 N–H and O–H groups in total. The van der Waals surface area contributed by atoms with Crippen LogP contribution >= 0.6 is 36.2 Å². The summed E-state index contributed by atoms with van der Waals surface area (Å²) in [6.45, 7) is 10.6. The van der Waals surface area contributed by atoms with Crippen LogP contribution in [0.1, 0.15) is 11.3 Å². The SMILES string of the molecule is Cc1cnc(N2CCN(CCC(=O)N3CCNCC3)CC2)s1.Cl.Cl. The van der Waals surface area contributed by atoms with Crippen LogP contribution in [0.5, 0.6) is 0 Å². The average molecular weight is 396 g/mol. The molecule has 138 valence electrons. The van der Waals surface area contributed by atoms with Gasteiger partial charge in [0.25, 0.3) is 0 Å². The Labute approximate surface area is 160 Å². The van der Waals surface area contributed by atoms with Gasteiger partial charge in [-0.05, 0) is 6.92 Å². The molecular weight excluding hydrogens is 369 g/mol. The molecule has 0 aliphatic carbocycles. The molecule has 1 aromatic rings. The second kappa shape index (κ2) is 10.4. The molecule has 0 aromatic carbocycles. The van der Waals surface area contributed by atoms with E-state index in [0.717, 1.165) is 64.0 Å². The number of carbonyl (C=O) groups excluding carboxylic acids is 1. The first-order valence-corrected chi connectivity index (χ1v) is 8.92. The maximum Gasteiger partial charge on any atom is 0.223 e. The topological polar surface area (TPSA) is 51.7 Å². The largest absolute Gasteiger partial charge is 0.346 e. The molecule has 1 aromatic heterocycles. The lowest BCUT2D eigenvalue weighted by molar-refractivity contribution is -0.132. The number of halogens is 2. The summed E-state index contributed by atoms with van der Waals surface area (Å²) in [4.78, 5) is 24.6. The van der Waals surface area contributed by atoms with Crippen LogP contribution in [0.4, 0.5) is 5.13 Å². The molecule has 9 heteroatoms. The minimum absolute atomic E-state index is 0. The van der Waals surface area contributed by atoms with Crippen molar-refractivity contribution in [3.8, 4) is 0 Å². The van der Waals surface area contributed by atoms with Crippen molar-refractivity contribution in [2.24, 2.45) is 0 Å². The molecule has 2 saturated heterocycles. The van der Waals surface area contributed by atoms with Crippen LogP contribution < -0.4 is 10.2 Å². The number of nitrogens with zero attached hydrogens (tertiary/aromatic N) is 4. The zero-order valence-electron chi connectivity index (χ0n) is 14.1. The number of nitrogens with one attached hydrogen (secondary N) is 1. The fourth-order valence-electron chi connectivity index (χ4n) is 2.98. The van der Waals surface area contributed by atoms with Crippen LogP contribution in [0, 0.1) is 6.92 Å². The van der Waals surface area contributed by atoms with Crippen LogP contribution in [0.25, 0.3) is 0 Å². The van der Waals surface area contributed by atoms with E-state index in [4.69, 9.17) is 0 Å². The van der Waals surface area contributed by atoms with Gasteiger partial charge < -0.3 is 15.1 Å². The van der Waals surface area contributed by atoms with Gasteiger partial charge in [0.05, 0.1) is 0 Å². The maximum absolute atomic E-state index is 12.2. The Morgan fingerprint density at radius 3 is 2.42 bits per heavy atom. The highest BCUT2D eigenvalue weighted by Crippen LogP contribution is 2.22. The van der Waals surface area contributed by atoms with Gasteiger partial charge >= 0.3 is 0 Å². The molecule has 2 aliphatic rings. The lowest BCUT2D eigenvalue weighted by Crippen LogP contribution is -2.49. The van der Waals surface area contributed by atoms with Crippen molar-refractivity contribution in [1.82, 2.24) is 20.1 Å². The zero-order valence-corrected chi connectivity index (χ0v) is 16.5. The molecule has 1 amide bonds. The second-order valence-electron chi connectivity index (χ2n) is 5.96. The summed E-state index contributed by atoms with van der Waals surface area (Å²) in [6, 6.07) is 0. The van der Waals surface area contributed by atoms with Gasteiger partial charge in [-0.1, -0.05) is 0 Å². The maximum atomic E-state index is 12.2. The fourth-order valence-corrected chi connectivity index (χ4v) is 3.79. The molecule has 0 unspecified atom stereocenters. The van der Waals surface area contributed by atoms with Crippen LogP contribution in [0.15, 0.2) is 6.20 Å². The van der Waals surface area contributed by atoms with Crippen molar-refractivity contribution in [3.05, 3.63) is 11.1 Å². The highest BCUT2D eigenvalue weighted by Gasteiger charge is 2.21. The van der Waals surface area contributed by atoms with Gasteiger partial charge in [0.15, 0.2) is 5.13 Å². The first-order chi connectivity index (χ1) is 10.7. The smallest absolute Gasteiger partial charge is 0.223 e. The summed E-state index contributed by atoms with van der Waals surface area (Å²) in [5.74, 6) is 0.305. The van der Waals surface area contributed by atoms with Crippen molar-refractivity contribution >= 4 is 47.2 Å². The number of thiazole rings is 1. The van der Waals surface area contributed by atoms with Gasteiger partial charge in [-0.2, -0.15) is 0 Å². The summed E-state index contributed by atoms with van der Waals surface area (Å²) in [7, 11) is 0. The third-order valence-electron chi connectivity index (χ3n) is 4.36. The lowest BCUT2D eigenvalue weighted by atomic mass is 10.2. The Balaban J connectivity index is 0.00000144. The first kappa shape index (κ1) is 21.4. The monoisotopic (exact) mass is 395 g/mol. The van der Waals surface area contributed by atoms with Crippen molar-refractivity contribution in [1.29, 1.82) is 0 Å². The van der Waals surface area contributed by atoms with E-state index >= 15 is 0 Å². The van der Waals surface area contributed by atoms with Crippen molar-refractivity contribution < 1.29 is 4.79 Å². The van der Waals surface area contributed by atoms with Gasteiger partial charge in [0, 0.05) is 76.4 Å². The molecule has 2 aliphatic heterocycles. The predicted molar refractivity (Wildman–Crippen MR) is 104 cm³/mol. The molecule has 6 nitrogen and oxygen atoms in total. The fraction of sp³-hybridized carbons (Fsp3) is 0.733. The Kier molecular flexibility index (Phi) is 9.30. The first-order valence-electron chi connectivity index (χ1n) is 8.10. The Morgan fingerprint density at radius 1 is 1.17 bits per heavy atom. The van der Waals surface area contributed by atoms with Gasteiger partial charge in [0.2, 0.25) is 5.91 Å². The Morgan fingerprint density at radius 2 is 1.83 bits per heavy atom. The predicted octanol–water partition coefficient (Wildman–Crippen LogP) is 1.24. The third-order valence-corrected chi connectivity index (χ3v) is 5.34. The van der Waals surface area contributed by atoms with E-state index in [1.807, 2.05) is 11.1 Å². The van der Waals surface area contributed by atoms with E-state index in [9.17, 15) is 4.79 Å². The van der Waals surface area contributed by atoms with Crippen LogP contribution in [-0.2, 0) is 4.79 Å². The molecule has 0 spiro atoms. The number of rotatable bonds is 4. The lowest BCUT2D eigenvalue weighted by Gasteiger charge is -2.35. The molecule has 3 heterocycles. The van der Waals surface area contributed by atoms with Crippen molar-refractivity contribution in [2.45, 2.75) is 13.3 Å². The standard InChI is InChI=1S/C15H25N5OS.2ClH/c1-13-12-17-15(22-13)20-10-8-18(9-11-20)5-2-14(21)19-6-3-16-4-7-19;;/h12,16H,2-11H2,1H3;2*1H. The quantitative estimate of drug-likeness (QED) is 0.830. The average Bonchev–Trinajstić information content (AvgIpc) is 3.00. The summed E-state index contributed by atoms with van der Waals surface area (Å²) in [6.07, 6.45) is 2.59. The summed E-state index contributed by atoms with van der Waals surface area (Å²) in [5.41, 5.74) is 0. The number of anilines is 1. The summed E-state index contributed by atoms with van der Waals surface area (Å²) >= 11 is 1.76. The van der Waals surface area contributed by atoms with E-state index in [0.29, 0.717) is 12.3 Å². The highest BCUT2D eigenvalue weighted by molar-refractivity contribution is 7.15. The second-order valence-corrected chi connectivity index (χ2v) is 7.18. The van der Waals surface area contributed by atoms with Gasteiger partial charge in [0.1, 0.15) is 0 Å². The van der Waals surface area contributed by atoms with E-state index in [1.165, 1.54) is 4.88 Å². The number of aromatic nitrogens is 1. The molecule has 0 radical (unpaired) electrons. The number of carbonyl (C=O) groups is 1. The van der Waals surface area contributed by atoms with Crippen molar-refractivity contribution in [3.63, 3.8) is 0 Å². The van der Waals surface area contributed by atoms with Gasteiger partial charge in [-0.15, -0.1) is 36.2 Å².